The van der Waals surface area contributed by atoms with E-state index >= 15 is 0 Å². The van der Waals surface area contributed by atoms with Crippen LogP contribution in [-0.4, -0.2) is 23.9 Å². The number of benzene rings is 1. The van der Waals surface area contributed by atoms with Crippen molar-refractivity contribution in [3.05, 3.63) is 34.3 Å². The fourth-order valence-corrected chi connectivity index (χ4v) is 3.12. The second kappa shape index (κ2) is 6.18. The van der Waals surface area contributed by atoms with Crippen molar-refractivity contribution in [2.75, 3.05) is 7.11 Å². The lowest BCUT2D eigenvalue weighted by Gasteiger charge is -2.40. The van der Waals surface area contributed by atoms with E-state index in [0.29, 0.717) is 6.42 Å². The van der Waals surface area contributed by atoms with Gasteiger partial charge in [0.1, 0.15) is 0 Å². The maximum atomic E-state index is 10.5. The van der Waals surface area contributed by atoms with Gasteiger partial charge in [0.25, 0.3) is 0 Å². The minimum atomic E-state index is -0.413. The number of aliphatic hydroxyl groups is 1. The zero-order valence-electron chi connectivity index (χ0n) is 10.9. The van der Waals surface area contributed by atoms with Crippen molar-refractivity contribution in [1.29, 1.82) is 0 Å². The van der Waals surface area contributed by atoms with E-state index in [4.69, 9.17) is 4.74 Å². The standard InChI is InChI=1S/C15H21BrO2/c1-18-15(9-3-2-4-10-15)14(17)11-12-5-7-13(16)8-6-12/h5-8,14,17H,2-4,9-11H2,1H3. The van der Waals surface area contributed by atoms with Crippen LogP contribution in [0, 0.1) is 0 Å². The highest BCUT2D eigenvalue weighted by molar-refractivity contribution is 9.10. The van der Waals surface area contributed by atoms with E-state index in [2.05, 4.69) is 28.1 Å². The fourth-order valence-electron chi connectivity index (χ4n) is 2.85. The number of hydrogen-bond acceptors (Lipinski definition) is 2. The topological polar surface area (TPSA) is 29.5 Å². The Morgan fingerprint density at radius 1 is 1.22 bits per heavy atom. The summed E-state index contributed by atoms with van der Waals surface area (Å²) >= 11 is 3.43. The van der Waals surface area contributed by atoms with Crippen molar-refractivity contribution < 1.29 is 9.84 Å². The van der Waals surface area contributed by atoms with Crippen LogP contribution in [0.25, 0.3) is 0 Å². The van der Waals surface area contributed by atoms with Gasteiger partial charge in [-0.1, -0.05) is 47.3 Å². The molecule has 1 saturated carbocycles. The van der Waals surface area contributed by atoms with Crippen LogP contribution in [0.1, 0.15) is 37.7 Å². The summed E-state index contributed by atoms with van der Waals surface area (Å²) in [6.45, 7) is 0. The van der Waals surface area contributed by atoms with E-state index in [1.165, 1.54) is 6.42 Å². The first kappa shape index (κ1) is 14.0. The van der Waals surface area contributed by atoms with Gasteiger partial charge < -0.3 is 9.84 Å². The summed E-state index contributed by atoms with van der Waals surface area (Å²) in [5.74, 6) is 0. The lowest BCUT2D eigenvalue weighted by molar-refractivity contribution is -0.122. The van der Waals surface area contributed by atoms with E-state index in [-0.39, 0.29) is 5.60 Å². The molecule has 2 nitrogen and oxygen atoms in total. The first-order valence-electron chi connectivity index (χ1n) is 6.64. The molecule has 0 bridgehead atoms. The Morgan fingerprint density at radius 3 is 2.39 bits per heavy atom. The van der Waals surface area contributed by atoms with Crippen LogP contribution in [0.15, 0.2) is 28.7 Å². The van der Waals surface area contributed by atoms with Gasteiger partial charge in [-0.3, -0.25) is 0 Å². The van der Waals surface area contributed by atoms with Crippen molar-refractivity contribution >= 4 is 15.9 Å². The van der Waals surface area contributed by atoms with Gasteiger partial charge in [-0.15, -0.1) is 0 Å². The number of rotatable bonds is 4. The summed E-state index contributed by atoms with van der Waals surface area (Å²) < 4.78 is 6.75. The molecule has 2 rings (SSSR count). The van der Waals surface area contributed by atoms with Gasteiger partial charge in [0.15, 0.2) is 0 Å². The van der Waals surface area contributed by atoms with E-state index in [1.54, 1.807) is 7.11 Å². The second-order valence-electron chi connectivity index (χ2n) is 5.18. The summed E-state index contributed by atoms with van der Waals surface area (Å²) in [5.41, 5.74) is 0.832. The van der Waals surface area contributed by atoms with Crippen LogP contribution in [0.5, 0.6) is 0 Å². The molecule has 1 N–H and O–H groups in total. The Kier molecular flexibility index (Phi) is 4.82. The van der Waals surface area contributed by atoms with E-state index in [9.17, 15) is 5.11 Å². The summed E-state index contributed by atoms with van der Waals surface area (Å²) in [6.07, 6.45) is 5.78. The number of hydrogen-bond donors (Lipinski definition) is 1. The smallest absolute Gasteiger partial charge is 0.0939 e. The van der Waals surface area contributed by atoms with E-state index in [1.807, 2.05) is 12.1 Å². The first-order valence-corrected chi connectivity index (χ1v) is 7.43. The predicted octanol–water partition coefficient (Wildman–Crippen LogP) is 3.70. The number of halogens is 1. The monoisotopic (exact) mass is 312 g/mol. The average Bonchev–Trinajstić information content (AvgIpc) is 2.42. The van der Waals surface area contributed by atoms with Gasteiger partial charge in [0.05, 0.1) is 11.7 Å². The molecule has 1 atom stereocenters. The number of ether oxygens (including phenoxy) is 1. The highest BCUT2D eigenvalue weighted by atomic mass is 79.9. The quantitative estimate of drug-likeness (QED) is 0.918. The highest BCUT2D eigenvalue weighted by Crippen LogP contribution is 2.35. The normalized spacial score (nSPS) is 20.6. The molecule has 1 aliphatic rings. The summed E-state index contributed by atoms with van der Waals surface area (Å²) in [5, 5.41) is 10.5. The van der Waals surface area contributed by atoms with Gasteiger partial charge >= 0.3 is 0 Å². The zero-order valence-corrected chi connectivity index (χ0v) is 12.4. The lowest BCUT2D eigenvalue weighted by Crippen LogP contribution is -2.46. The second-order valence-corrected chi connectivity index (χ2v) is 6.09. The minimum absolute atomic E-state index is 0.328. The molecule has 1 fully saturated rings. The molecule has 0 radical (unpaired) electrons. The predicted molar refractivity (Wildman–Crippen MR) is 76.7 cm³/mol. The number of aliphatic hydroxyl groups excluding tert-OH is 1. The summed E-state index contributed by atoms with van der Waals surface area (Å²) in [6, 6.07) is 8.14. The van der Waals surface area contributed by atoms with Gasteiger partial charge in [-0.25, -0.2) is 0 Å². The first-order chi connectivity index (χ1) is 8.66. The highest BCUT2D eigenvalue weighted by Gasteiger charge is 2.38. The molecule has 0 amide bonds. The third-order valence-electron chi connectivity index (χ3n) is 4.06. The minimum Gasteiger partial charge on any atom is -0.390 e. The van der Waals surface area contributed by atoms with Crippen LogP contribution in [0.3, 0.4) is 0 Å². The molecule has 1 aromatic carbocycles. The lowest BCUT2D eigenvalue weighted by atomic mass is 9.78. The molecule has 0 aromatic heterocycles. The largest absolute Gasteiger partial charge is 0.390 e. The maximum Gasteiger partial charge on any atom is 0.0939 e. The molecular formula is C15H21BrO2. The van der Waals surface area contributed by atoms with Gasteiger partial charge in [-0.2, -0.15) is 0 Å². The molecule has 0 aliphatic heterocycles. The molecule has 18 heavy (non-hydrogen) atoms. The van der Waals surface area contributed by atoms with Crippen molar-refractivity contribution in [2.24, 2.45) is 0 Å². The van der Waals surface area contributed by atoms with Crippen LogP contribution in [0.2, 0.25) is 0 Å². The molecule has 1 aromatic rings. The molecule has 0 heterocycles. The summed E-state index contributed by atoms with van der Waals surface area (Å²) in [4.78, 5) is 0. The van der Waals surface area contributed by atoms with Crippen molar-refractivity contribution in [3.63, 3.8) is 0 Å². The van der Waals surface area contributed by atoms with Crippen LogP contribution in [0.4, 0.5) is 0 Å². The van der Waals surface area contributed by atoms with Crippen LogP contribution in [-0.2, 0) is 11.2 Å². The van der Waals surface area contributed by atoms with Crippen molar-refractivity contribution in [2.45, 2.75) is 50.2 Å². The van der Waals surface area contributed by atoms with E-state index < -0.39 is 6.10 Å². The molecular weight excluding hydrogens is 292 g/mol. The SMILES string of the molecule is COC1(C(O)Cc2ccc(Br)cc2)CCCCC1. The maximum absolute atomic E-state index is 10.5. The Bertz CT molecular complexity index is 369. The molecule has 3 heteroatoms. The van der Waals surface area contributed by atoms with Gasteiger partial charge in [-0.05, 0) is 30.5 Å². The molecule has 1 unspecified atom stereocenters. The molecule has 100 valence electrons. The third-order valence-corrected chi connectivity index (χ3v) is 4.58. The fraction of sp³-hybridized carbons (Fsp3) is 0.600. The van der Waals surface area contributed by atoms with Crippen LogP contribution >= 0.6 is 15.9 Å². The number of methoxy groups -OCH3 is 1. The van der Waals surface area contributed by atoms with Crippen molar-refractivity contribution in [1.82, 2.24) is 0 Å². The Labute approximate surface area is 117 Å². The van der Waals surface area contributed by atoms with Crippen LogP contribution < -0.4 is 0 Å². The average molecular weight is 313 g/mol. The Morgan fingerprint density at radius 2 is 1.83 bits per heavy atom. The zero-order chi connectivity index (χ0) is 13.0. The van der Waals surface area contributed by atoms with Gasteiger partial charge in [0.2, 0.25) is 0 Å². The molecule has 0 spiro atoms. The Balaban J connectivity index is 2.05. The third kappa shape index (κ3) is 3.14. The van der Waals surface area contributed by atoms with Crippen molar-refractivity contribution in [3.8, 4) is 0 Å². The Hall–Kier alpha value is -0.380. The van der Waals surface area contributed by atoms with E-state index in [0.717, 1.165) is 35.7 Å². The summed E-state index contributed by atoms with van der Waals surface area (Å²) in [7, 11) is 1.73. The molecule has 1 aliphatic carbocycles. The van der Waals surface area contributed by atoms with Gasteiger partial charge in [0, 0.05) is 18.0 Å². The molecule has 0 saturated heterocycles.